The van der Waals surface area contributed by atoms with Gasteiger partial charge in [-0.3, -0.25) is 4.79 Å². The molecule has 0 heterocycles. The van der Waals surface area contributed by atoms with Crippen LogP contribution >= 0.6 is 0 Å². The van der Waals surface area contributed by atoms with E-state index < -0.39 is 5.97 Å². The van der Waals surface area contributed by atoms with Gasteiger partial charge in [0.15, 0.2) is 0 Å². The number of benzene rings is 2. The average Bonchev–Trinajstić information content (AvgIpc) is 2.52. The fourth-order valence-corrected chi connectivity index (χ4v) is 2.21. The van der Waals surface area contributed by atoms with Crippen molar-refractivity contribution in [1.82, 2.24) is 10.2 Å². The van der Waals surface area contributed by atoms with Crippen molar-refractivity contribution in [2.24, 2.45) is 0 Å². The normalized spacial score (nSPS) is 10.4. The molecule has 0 saturated carbocycles. The summed E-state index contributed by atoms with van der Waals surface area (Å²) in [6.07, 6.45) is 0.692. The van der Waals surface area contributed by atoms with E-state index in [1.807, 2.05) is 12.1 Å². The fraction of sp³-hybridized carbons (Fsp3) is 0.294. The monoisotopic (exact) mass is 300 g/mol. The topological polar surface area (TPSA) is 69.6 Å². The third-order valence-corrected chi connectivity index (χ3v) is 3.51. The highest BCUT2D eigenvalue weighted by Gasteiger charge is 2.09. The van der Waals surface area contributed by atoms with Crippen LogP contribution in [0.4, 0.5) is 4.79 Å². The van der Waals surface area contributed by atoms with Gasteiger partial charge in [-0.1, -0.05) is 42.5 Å². The van der Waals surface area contributed by atoms with Gasteiger partial charge in [-0.25, -0.2) is 4.79 Å². The summed E-state index contributed by atoms with van der Waals surface area (Å²) < 4.78 is 0. The molecular formula is C17H20N2O3. The lowest BCUT2D eigenvalue weighted by molar-refractivity contribution is -0.137. The predicted molar refractivity (Wildman–Crippen MR) is 85.9 cm³/mol. The summed E-state index contributed by atoms with van der Waals surface area (Å²) in [7, 11) is 1.59. The van der Waals surface area contributed by atoms with E-state index in [2.05, 4.69) is 35.6 Å². The van der Waals surface area contributed by atoms with Crippen LogP contribution in [0.15, 0.2) is 42.5 Å². The summed E-state index contributed by atoms with van der Waals surface area (Å²) in [6.45, 7) is 0.728. The van der Waals surface area contributed by atoms with Crippen molar-refractivity contribution >= 4 is 22.8 Å². The number of carboxylic acids is 1. The number of urea groups is 1. The summed E-state index contributed by atoms with van der Waals surface area (Å²) in [5, 5.41) is 13.8. The maximum absolute atomic E-state index is 11.8. The second-order valence-electron chi connectivity index (χ2n) is 5.23. The minimum absolute atomic E-state index is 0.0470. The zero-order valence-corrected chi connectivity index (χ0v) is 12.6. The molecule has 0 saturated heterocycles. The van der Waals surface area contributed by atoms with E-state index in [1.54, 1.807) is 7.05 Å². The molecule has 116 valence electrons. The van der Waals surface area contributed by atoms with E-state index in [1.165, 1.54) is 15.7 Å². The summed E-state index contributed by atoms with van der Waals surface area (Å²) in [6, 6.07) is 14.2. The van der Waals surface area contributed by atoms with Crippen LogP contribution in [-0.2, 0) is 11.2 Å². The maximum Gasteiger partial charge on any atom is 0.317 e. The molecule has 5 nitrogen and oxygen atoms in total. The molecule has 0 radical (unpaired) electrons. The van der Waals surface area contributed by atoms with Crippen molar-refractivity contribution in [2.75, 3.05) is 20.1 Å². The number of rotatable bonds is 6. The Morgan fingerprint density at radius 2 is 1.86 bits per heavy atom. The first-order chi connectivity index (χ1) is 10.6. The Bertz CT molecular complexity index is 670. The molecule has 0 aliphatic carbocycles. The van der Waals surface area contributed by atoms with Crippen molar-refractivity contribution in [1.29, 1.82) is 0 Å². The second kappa shape index (κ2) is 7.45. The van der Waals surface area contributed by atoms with Crippen LogP contribution in [0.3, 0.4) is 0 Å². The van der Waals surface area contributed by atoms with Crippen LogP contribution in [0.5, 0.6) is 0 Å². The van der Waals surface area contributed by atoms with Crippen molar-refractivity contribution in [3.63, 3.8) is 0 Å². The molecule has 2 aromatic rings. The number of hydrogen-bond donors (Lipinski definition) is 2. The minimum atomic E-state index is -0.907. The number of nitrogens with zero attached hydrogens (tertiary/aromatic N) is 1. The summed E-state index contributed by atoms with van der Waals surface area (Å²) in [4.78, 5) is 23.6. The highest BCUT2D eigenvalue weighted by atomic mass is 16.4. The SMILES string of the molecule is CN(CCC(=O)O)C(=O)NCCc1ccc2ccccc2c1. The Morgan fingerprint density at radius 1 is 1.14 bits per heavy atom. The Hall–Kier alpha value is -2.56. The van der Waals surface area contributed by atoms with Crippen molar-refractivity contribution in [3.05, 3.63) is 48.0 Å². The standard InChI is InChI=1S/C17H20N2O3/c1-19(11-9-16(20)21)17(22)18-10-8-13-6-7-14-4-2-3-5-15(14)12-13/h2-7,12H,8-11H2,1H3,(H,18,22)(H,20,21). The summed E-state index contributed by atoms with van der Waals surface area (Å²) in [5.41, 5.74) is 1.16. The minimum Gasteiger partial charge on any atom is -0.481 e. The van der Waals surface area contributed by atoms with Gasteiger partial charge in [-0.2, -0.15) is 0 Å². The lowest BCUT2D eigenvalue weighted by Crippen LogP contribution is -2.39. The van der Waals surface area contributed by atoms with E-state index in [-0.39, 0.29) is 19.0 Å². The quantitative estimate of drug-likeness (QED) is 0.861. The molecule has 0 aliphatic heterocycles. The van der Waals surface area contributed by atoms with Gasteiger partial charge in [0.05, 0.1) is 6.42 Å². The number of nitrogens with one attached hydrogen (secondary N) is 1. The fourth-order valence-electron chi connectivity index (χ4n) is 2.21. The van der Waals surface area contributed by atoms with Gasteiger partial charge < -0.3 is 15.3 Å². The average molecular weight is 300 g/mol. The van der Waals surface area contributed by atoms with E-state index in [0.717, 1.165) is 12.0 Å². The van der Waals surface area contributed by atoms with Crippen LogP contribution in [0.2, 0.25) is 0 Å². The molecule has 0 aromatic heterocycles. The van der Waals surface area contributed by atoms with Gasteiger partial charge in [0.2, 0.25) is 0 Å². The highest BCUT2D eigenvalue weighted by Crippen LogP contribution is 2.15. The van der Waals surface area contributed by atoms with Gasteiger partial charge in [-0.05, 0) is 22.8 Å². The van der Waals surface area contributed by atoms with Crippen LogP contribution < -0.4 is 5.32 Å². The van der Waals surface area contributed by atoms with Crippen molar-refractivity contribution < 1.29 is 14.7 Å². The van der Waals surface area contributed by atoms with Crippen LogP contribution in [0.25, 0.3) is 10.8 Å². The molecule has 0 bridgehead atoms. The number of carboxylic acid groups (broad SMARTS) is 1. The number of carbonyl (C=O) groups excluding carboxylic acids is 1. The van der Waals surface area contributed by atoms with Crippen molar-refractivity contribution in [2.45, 2.75) is 12.8 Å². The lowest BCUT2D eigenvalue weighted by atomic mass is 10.1. The van der Waals surface area contributed by atoms with Gasteiger partial charge in [0.25, 0.3) is 0 Å². The van der Waals surface area contributed by atoms with E-state index in [4.69, 9.17) is 5.11 Å². The van der Waals surface area contributed by atoms with E-state index in [9.17, 15) is 9.59 Å². The third kappa shape index (κ3) is 4.48. The molecule has 22 heavy (non-hydrogen) atoms. The first-order valence-corrected chi connectivity index (χ1v) is 7.24. The number of amides is 2. The highest BCUT2D eigenvalue weighted by molar-refractivity contribution is 5.83. The summed E-state index contributed by atoms with van der Waals surface area (Å²) >= 11 is 0. The van der Waals surface area contributed by atoms with Crippen LogP contribution in [0.1, 0.15) is 12.0 Å². The number of carbonyl (C=O) groups is 2. The van der Waals surface area contributed by atoms with Crippen LogP contribution in [-0.4, -0.2) is 42.1 Å². The lowest BCUT2D eigenvalue weighted by Gasteiger charge is -2.16. The molecule has 2 aromatic carbocycles. The molecule has 0 atom stereocenters. The van der Waals surface area contributed by atoms with Gasteiger partial charge >= 0.3 is 12.0 Å². The zero-order valence-electron chi connectivity index (χ0n) is 12.6. The Labute approximate surface area is 129 Å². The smallest absolute Gasteiger partial charge is 0.317 e. The van der Waals surface area contributed by atoms with E-state index >= 15 is 0 Å². The molecule has 0 spiro atoms. The largest absolute Gasteiger partial charge is 0.481 e. The van der Waals surface area contributed by atoms with Crippen LogP contribution in [0, 0.1) is 0 Å². The Kier molecular flexibility index (Phi) is 5.36. The van der Waals surface area contributed by atoms with E-state index in [0.29, 0.717) is 6.54 Å². The molecule has 2 N–H and O–H groups in total. The Morgan fingerprint density at radius 3 is 2.59 bits per heavy atom. The second-order valence-corrected chi connectivity index (χ2v) is 5.23. The molecule has 5 heteroatoms. The van der Waals surface area contributed by atoms with Gasteiger partial charge in [0.1, 0.15) is 0 Å². The first-order valence-electron chi connectivity index (χ1n) is 7.24. The molecule has 0 unspecified atom stereocenters. The summed E-state index contributed by atoms with van der Waals surface area (Å²) in [5.74, 6) is -0.907. The van der Waals surface area contributed by atoms with Gasteiger partial charge in [-0.15, -0.1) is 0 Å². The maximum atomic E-state index is 11.8. The number of fused-ring (bicyclic) bond motifs is 1. The molecule has 2 rings (SSSR count). The Balaban J connectivity index is 1.81. The number of aliphatic carboxylic acids is 1. The molecule has 2 amide bonds. The van der Waals surface area contributed by atoms with Gasteiger partial charge in [0, 0.05) is 20.1 Å². The zero-order chi connectivity index (χ0) is 15.9. The first kappa shape index (κ1) is 15.8. The third-order valence-electron chi connectivity index (χ3n) is 3.51. The molecule has 0 aliphatic rings. The molecule has 0 fully saturated rings. The molecular weight excluding hydrogens is 280 g/mol. The predicted octanol–water partition coefficient (Wildman–Crippen LogP) is 2.50. The number of hydrogen-bond acceptors (Lipinski definition) is 2. The van der Waals surface area contributed by atoms with Crippen molar-refractivity contribution in [3.8, 4) is 0 Å².